The Labute approximate surface area is 56.1 Å². The first kappa shape index (κ1) is 7.12. The number of nitrogens with zero attached hydrogens (tertiary/aromatic N) is 1. The van der Waals surface area contributed by atoms with E-state index in [4.69, 9.17) is 0 Å². The van der Waals surface area contributed by atoms with Gasteiger partial charge in [0.2, 0.25) is 5.95 Å². The van der Waals surface area contributed by atoms with Crippen LogP contribution in [0.3, 0.4) is 0 Å². The Balaban J connectivity index is 2.89. The fraction of sp³-hybridized carbons (Fsp3) is 0. The van der Waals surface area contributed by atoms with Crippen molar-refractivity contribution in [2.45, 2.75) is 0 Å². The first-order valence-corrected chi connectivity index (χ1v) is 2.60. The molecule has 0 spiro atoms. The molecule has 0 aromatic carbocycles. The third-order valence-electron chi connectivity index (χ3n) is 1.00. The Morgan fingerprint density at radius 1 is 1.30 bits per heavy atom. The molecule has 0 atom stereocenters. The summed E-state index contributed by atoms with van der Waals surface area (Å²) in [5, 5.41) is 0. The van der Waals surface area contributed by atoms with E-state index in [0.29, 0.717) is 0 Å². The molecule has 10 heavy (non-hydrogen) atoms. The Hall–Kier alpha value is -0.995. The highest BCUT2D eigenvalue weighted by Crippen LogP contribution is 1.91. The average molecular weight is 145 g/mol. The monoisotopic (exact) mass is 145 g/mol. The van der Waals surface area contributed by atoms with Crippen LogP contribution in [0.4, 0.5) is 13.0 Å². The maximum absolute atomic E-state index is 12.0. The molecule has 0 radical (unpaired) electrons. The van der Waals surface area contributed by atoms with Gasteiger partial charge in [0, 0.05) is 11.7 Å². The van der Waals surface area contributed by atoms with Crippen LogP contribution in [0.1, 0.15) is 0 Å². The number of hydrogen-bond donors (Lipinski definition) is 0. The average Bonchev–Trinajstić information content (AvgIpc) is 1.88. The van der Waals surface area contributed by atoms with Crippen molar-refractivity contribution in [3.05, 3.63) is 24.3 Å². The van der Waals surface area contributed by atoms with Gasteiger partial charge in [-0.3, -0.25) is 8.63 Å². The van der Waals surface area contributed by atoms with E-state index in [0.717, 1.165) is 18.3 Å². The Morgan fingerprint density at radius 2 is 2.00 bits per heavy atom. The lowest BCUT2D eigenvalue weighted by atomic mass is 9.88. The molecule has 0 aliphatic heterocycles. The molecule has 1 rings (SSSR count). The summed E-state index contributed by atoms with van der Waals surface area (Å²) in [6.07, 6.45) is 0.819. The minimum atomic E-state index is -2.58. The van der Waals surface area contributed by atoms with E-state index in [1.807, 2.05) is 0 Å². The van der Waals surface area contributed by atoms with Crippen LogP contribution in [0.5, 0.6) is 0 Å². The van der Waals surface area contributed by atoms with E-state index in [9.17, 15) is 13.0 Å². The first-order valence-electron chi connectivity index (χ1n) is 2.60. The summed E-state index contributed by atoms with van der Waals surface area (Å²) < 4.78 is 35.5. The molecule has 1 aromatic heterocycles. The highest BCUT2D eigenvalue weighted by atomic mass is 19.2. The van der Waals surface area contributed by atoms with Crippen molar-refractivity contribution in [2.75, 3.05) is 0 Å². The topological polar surface area (TPSA) is 12.9 Å². The molecule has 0 unspecified atom stereocenters. The summed E-state index contributed by atoms with van der Waals surface area (Å²) in [5.41, 5.74) is -0.263. The fourth-order valence-corrected chi connectivity index (χ4v) is 0.516. The van der Waals surface area contributed by atoms with E-state index in [1.165, 1.54) is 0 Å². The van der Waals surface area contributed by atoms with Crippen LogP contribution in [0.25, 0.3) is 0 Å². The number of halogens is 3. The highest BCUT2D eigenvalue weighted by molar-refractivity contribution is 6.59. The van der Waals surface area contributed by atoms with E-state index < -0.39 is 13.2 Å². The second-order valence-corrected chi connectivity index (χ2v) is 1.71. The summed E-state index contributed by atoms with van der Waals surface area (Å²) in [4.78, 5) is 3.05. The summed E-state index contributed by atoms with van der Waals surface area (Å²) in [5.74, 6) is -0.746. The minimum Gasteiger partial charge on any atom is -0.281 e. The fourth-order valence-electron chi connectivity index (χ4n) is 0.516. The molecule has 1 nitrogen and oxygen atoms in total. The summed E-state index contributed by atoms with van der Waals surface area (Å²) >= 11 is 0. The molecule has 1 aromatic rings. The molecule has 0 N–H and O–H groups in total. The van der Waals surface area contributed by atoms with Crippen molar-refractivity contribution in [3.8, 4) is 0 Å². The summed E-state index contributed by atoms with van der Waals surface area (Å²) in [6.45, 7) is 0. The van der Waals surface area contributed by atoms with Gasteiger partial charge >= 0.3 is 7.27 Å². The van der Waals surface area contributed by atoms with Crippen LogP contribution in [-0.2, 0) is 0 Å². The molecule has 5 heteroatoms. The van der Waals surface area contributed by atoms with Gasteiger partial charge in [-0.2, -0.15) is 4.39 Å². The zero-order valence-corrected chi connectivity index (χ0v) is 4.89. The summed E-state index contributed by atoms with van der Waals surface area (Å²) in [6, 6.07) is 1.91. The maximum atomic E-state index is 12.0. The van der Waals surface area contributed by atoms with Crippen LogP contribution in [0, 0.1) is 5.95 Å². The number of hydrogen-bond acceptors (Lipinski definition) is 1. The molecule has 0 saturated heterocycles. The maximum Gasteiger partial charge on any atom is 0.573 e. The lowest BCUT2D eigenvalue weighted by Crippen LogP contribution is -2.20. The predicted octanol–water partition coefficient (Wildman–Crippen LogP) is 0.855. The van der Waals surface area contributed by atoms with Crippen molar-refractivity contribution in [1.82, 2.24) is 4.98 Å². The number of pyridine rings is 1. The molecule has 0 aliphatic carbocycles. The minimum absolute atomic E-state index is 0.263. The first-order chi connectivity index (χ1) is 4.70. The van der Waals surface area contributed by atoms with Crippen molar-refractivity contribution in [2.24, 2.45) is 0 Å². The van der Waals surface area contributed by atoms with Crippen molar-refractivity contribution < 1.29 is 13.0 Å². The van der Waals surface area contributed by atoms with E-state index in [-0.39, 0.29) is 5.46 Å². The normalized spacial score (nSPS) is 9.50. The standard InChI is InChI=1S/C5H3BF3N/c7-5-2-1-4(3-10-5)6(8)9/h1-3H. The molecule has 0 bridgehead atoms. The van der Waals surface area contributed by atoms with Crippen molar-refractivity contribution in [1.29, 1.82) is 0 Å². The SMILES string of the molecule is FB(F)c1ccc(F)nc1. The van der Waals surface area contributed by atoms with Crippen LogP contribution in [-0.4, -0.2) is 12.3 Å². The lowest BCUT2D eigenvalue weighted by Gasteiger charge is -1.91. The molecule has 1 heterocycles. The third-order valence-corrected chi connectivity index (χ3v) is 1.00. The molecule has 0 aliphatic rings. The van der Waals surface area contributed by atoms with E-state index in [2.05, 4.69) is 4.98 Å². The van der Waals surface area contributed by atoms with E-state index in [1.54, 1.807) is 0 Å². The van der Waals surface area contributed by atoms with Gasteiger partial charge in [0.1, 0.15) is 0 Å². The quantitative estimate of drug-likeness (QED) is 0.421. The molecule has 52 valence electrons. The summed E-state index contributed by atoms with van der Waals surface area (Å²) in [7, 11) is -2.58. The molecule has 0 saturated carbocycles. The second-order valence-electron chi connectivity index (χ2n) is 1.71. The Kier molecular flexibility index (Phi) is 1.94. The van der Waals surface area contributed by atoms with Gasteiger partial charge in [0.25, 0.3) is 0 Å². The third kappa shape index (κ3) is 1.49. The van der Waals surface area contributed by atoms with E-state index >= 15 is 0 Å². The Morgan fingerprint density at radius 3 is 2.40 bits per heavy atom. The van der Waals surface area contributed by atoms with Gasteiger partial charge in [-0.15, -0.1) is 0 Å². The lowest BCUT2D eigenvalue weighted by molar-refractivity contribution is 0.584. The van der Waals surface area contributed by atoms with Gasteiger partial charge in [0.15, 0.2) is 0 Å². The zero-order chi connectivity index (χ0) is 7.56. The predicted molar refractivity (Wildman–Crippen MR) is 31.8 cm³/mol. The largest absolute Gasteiger partial charge is 0.573 e. The van der Waals surface area contributed by atoms with Gasteiger partial charge < -0.3 is 0 Å². The Bertz CT molecular complexity index is 211. The highest BCUT2D eigenvalue weighted by Gasteiger charge is 2.15. The van der Waals surface area contributed by atoms with Crippen LogP contribution < -0.4 is 5.46 Å². The van der Waals surface area contributed by atoms with Crippen LogP contribution >= 0.6 is 0 Å². The molecule has 0 fully saturated rings. The molecular formula is C5H3BF3N. The van der Waals surface area contributed by atoms with Crippen LogP contribution in [0.2, 0.25) is 0 Å². The van der Waals surface area contributed by atoms with Gasteiger partial charge in [-0.1, -0.05) is 6.07 Å². The van der Waals surface area contributed by atoms with Crippen LogP contribution in [0.15, 0.2) is 18.3 Å². The number of rotatable bonds is 1. The number of aromatic nitrogens is 1. The van der Waals surface area contributed by atoms with Gasteiger partial charge in [-0.25, -0.2) is 4.98 Å². The van der Waals surface area contributed by atoms with Crippen molar-refractivity contribution >= 4 is 12.7 Å². The van der Waals surface area contributed by atoms with Crippen molar-refractivity contribution in [3.63, 3.8) is 0 Å². The molecular weight excluding hydrogens is 142 g/mol. The zero-order valence-electron chi connectivity index (χ0n) is 4.89. The molecule has 0 amide bonds. The second kappa shape index (κ2) is 2.73. The van der Waals surface area contributed by atoms with Gasteiger partial charge in [0.05, 0.1) is 0 Å². The van der Waals surface area contributed by atoms with Gasteiger partial charge in [-0.05, 0) is 6.07 Å². The smallest absolute Gasteiger partial charge is 0.281 e.